The van der Waals surface area contributed by atoms with E-state index in [4.69, 9.17) is 5.26 Å². The van der Waals surface area contributed by atoms with Crippen LogP contribution in [0.15, 0.2) is 313 Å². The lowest BCUT2D eigenvalue weighted by Gasteiger charge is -2.01. The molecule has 5 aromatic carbocycles. The number of allylic oxidation sites excluding steroid dienone is 10. The number of nitriles is 1. The van der Waals surface area contributed by atoms with Gasteiger partial charge in [0.1, 0.15) is 83.4 Å². The number of rotatable bonds is 30. The number of ketones is 4. The largest absolute Gasteiger partial charge is 0.312 e. The Bertz CT molecular complexity index is 6480. The molecule has 0 bridgehead atoms. The third-order valence-corrected chi connectivity index (χ3v) is 23.7. The summed E-state index contributed by atoms with van der Waals surface area (Å²) in [6, 6.07) is 35.0. The minimum Gasteiger partial charge on any atom is -0.312 e. The van der Waals surface area contributed by atoms with Crippen molar-refractivity contribution >= 4 is 122 Å². The molecule has 1 saturated carbocycles. The standard InChI is InChI=1S/C15H14FN3OS.C14H12N4S.3C13H12FN3OS.C12H10F2N4S.C12H11FN4S/c1-19-14(11-2-3-11)17-18-15(19)21-9-8-13(20)10-4-6-12(16)7-5-10;1-11(13-5-3-12(9-15)4-6-13)7-8-19-14-17-16-10-18(14)2;2*1-9-15-16-13(17(9)2)19-8-7-12(18)10-3-5-11(14)6-4-10;1-2-17-9-15-16-13(17)19-8-7-12(18)10-3-5-11(14)6-4-10;1-8(11-10(14)5-9(13)6-15-11)3-4-19-12-17-16-7-18(12)2;1-9(11-4-3-10(13)7-14-11)5-6-18-12-16-15-8-17(12)2/h4-9,11H,2-3H2,1H3;3-8,10H,1H2,2H3;2*3-8H,1-2H3;3-9H,2H2,1H3;3-7H,1H2,2H3;3-8H,1H2,2H3/b9-8+;4*8-7+;4-3+;6-5+. The fourth-order valence-electron chi connectivity index (χ4n) is 10.0. The summed E-state index contributed by atoms with van der Waals surface area (Å²) in [5.41, 5.74) is 6.08. The van der Waals surface area contributed by atoms with E-state index in [1.165, 1.54) is 229 Å². The van der Waals surface area contributed by atoms with E-state index in [0.717, 1.165) is 68.0 Å². The molecule has 9 heterocycles. The molecule has 0 radical (unpaired) electrons. The molecular formula is C92H83F7N24O4S7. The number of benzene rings is 5. The Hall–Kier alpha value is -14.1. The van der Waals surface area contributed by atoms with Crippen LogP contribution in [0.5, 0.6) is 0 Å². The molecule has 0 saturated heterocycles. The first kappa shape index (κ1) is 104. The molecule has 14 aromatic rings. The van der Waals surface area contributed by atoms with Crippen molar-refractivity contribution in [1.29, 1.82) is 5.26 Å². The molecular weight excluding hydrogens is 1860 g/mol. The van der Waals surface area contributed by atoms with Gasteiger partial charge in [0.2, 0.25) is 0 Å². The zero-order valence-electron chi connectivity index (χ0n) is 73.0. The highest BCUT2D eigenvalue weighted by molar-refractivity contribution is 8.03. The highest BCUT2D eigenvalue weighted by Gasteiger charge is 2.29. The molecule has 134 heavy (non-hydrogen) atoms. The molecule has 0 amide bonds. The predicted molar refractivity (Wildman–Crippen MR) is 508 cm³/mol. The third-order valence-electron chi connectivity index (χ3n) is 17.8. The lowest BCUT2D eigenvalue weighted by molar-refractivity contribution is 0.103. The Morgan fingerprint density at radius 1 is 0.381 bits per heavy atom. The molecule has 0 N–H and O–H groups in total. The zero-order chi connectivity index (χ0) is 96.6. The van der Waals surface area contributed by atoms with Crippen LogP contribution < -0.4 is 0 Å². The summed E-state index contributed by atoms with van der Waals surface area (Å²) in [7, 11) is 11.2. The van der Waals surface area contributed by atoms with Gasteiger partial charge in [-0.3, -0.25) is 29.1 Å². The maximum atomic E-state index is 13.4. The van der Waals surface area contributed by atoms with E-state index in [2.05, 4.69) is 107 Å². The Kier molecular flexibility index (Phi) is 41.3. The Morgan fingerprint density at radius 3 is 1.07 bits per heavy atom. The first-order valence-corrected chi connectivity index (χ1v) is 45.6. The van der Waals surface area contributed by atoms with Crippen molar-refractivity contribution in [1.82, 2.24) is 113 Å². The van der Waals surface area contributed by atoms with E-state index in [9.17, 15) is 49.9 Å². The predicted octanol–water partition coefficient (Wildman–Crippen LogP) is 20.2. The average Bonchev–Trinajstić information content (AvgIpc) is 1.58. The molecule has 9 aromatic heterocycles. The van der Waals surface area contributed by atoms with Gasteiger partial charge in [-0.1, -0.05) is 114 Å². The number of thioether (sulfide) groups is 7. The van der Waals surface area contributed by atoms with Gasteiger partial charge in [-0.2, -0.15) is 5.26 Å². The first-order valence-electron chi connectivity index (χ1n) is 39.5. The minimum absolute atomic E-state index is 0.0243. The van der Waals surface area contributed by atoms with Crippen LogP contribution in [-0.2, 0) is 48.8 Å². The second-order valence-electron chi connectivity index (χ2n) is 27.5. The van der Waals surface area contributed by atoms with Crippen molar-refractivity contribution in [2.24, 2.45) is 42.3 Å². The second-order valence-corrected chi connectivity index (χ2v) is 33.6. The molecule has 1 aliphatic rings. The molecule has 1 fully saturated rings. The van der Waals surface area contributed by atoms with Crippen molar-refractivity contribution in [3.05, 3.63) is 380 Å². The summed E-state index contributed by atoms with van der Waals surface area (Å²) in [5, 5.41) is 80.9. The number of aromatic nitrogens is 23. The van der Waals surface area contributed by atoms with Crippen LogP contribution in [0.1, 0.15) is 107 Å². The summed E-state index contributed by atoms with van der Waals surface area (Å²) in [5.74, 6) is -0.746. The van der Waals surface area contributed by atoms with E-state index in [0.29, 0.717) is 66.0 Å². The number of aryl methyl sites for hydroxylation is 6. The molecule has 28 nitrogen and oxygen atoms in total. The SMILES string of the molecule is C=C(/C=C/Sc1nncn1C)c1ccc(C#N)cc1.C=C(/C=C/Sc1nncn1C)c1ccc(F)cn1.C=C(/C=C/Sc1nncn1C)c1ncc(F)cc1F.CCn1cnnc1S/C=C/C(=O)c1ccc(F)cc1.Cc1nnc(S/C=C/C(=O)c2ccc(F)cc2)n1C.Cc1nnc(S/C=C/C(=O)c2ccc(F)cc2)n1C.Cn1c(S/C=C/C(=O)c2ccc(F)cc2)nnc1C1CC1. The van der Waals surface area contributed by atoms with Crippen LogP contribution in [0.25, 0.3) is 16.7 Å². The molecule has 0 atom stereocenters. The van der Waals surface area contributed by atoms with Gasteiger partial charge in [0, 0.05) is 83.1 Å². The molecule has 686 valence electrons. The van der Waals surface area contributed by atoms with E-state index in [-0.39, 0.29) is 57.9 Å². The van der Waals surface area contributed by atoms with Gasteiger partial charge < -0.3 is 32.0 Å². The molecule has 15 rings (SSSR count). The van der Waals surface area contributed by atoms with Gasteiger partial charge in [0.05, 0.1) is 29.7 Å². The lowest BCUT2D eigenvalue weighted by Crippen LogP contribution is -1.96. The van der Waals surface area contributed by atoms with E-state index in [1.54, 1.807) is 87.3 Å². The van der Waals surface area contributed by atoms with Crippen LogP contribution in [-0.4, -0.2) is 136 Å². The normalized spacial score (nSPS) is 11.6. The highest BCUT2D eigenvalue weighted by atomic mass is 32.2. The summed E-state index contributed by atoms with van der Waals surface area (Å²) >= 11 is 9.50. The molecule has 1 aliphatic carbocycles. The van der Waals surface area contributed by atoms with Crippen LogP contribution in [0.3, 0.4) is 0 Å². The van der Waals surface area contributed by atoms with E-state index < -0.39 is 11.6 Å². The smallest absolute Gasteiger partial charge is 0.195 e. The van der Waals surface area contributed by atoms with Gasteiger partial charge >= 0.3 is 0 Å². The van der Waals surface area contributed by atoms with Crippen molar-refractivity contribution in [3.63, 3.8) is 0 Å². The van der Waals surface area contributed by atoms with Crippen molar-refractivity contribution in [3.8, 4) is 6.07 Å². The second kappa shape index (κ2) is 53.4. The zero-order valence-corrected chi connectivity index (χ0v) is 78.7. The lowest BCUT2D eigenvalue weighted by atomic mass is 10.1. The number of carbonyl (C=O) groups excluding carboxylic acids is 4. The molecule has 0 aliphatic heterocycles. The van der Waals surface area contributed by atoms with Gasteiger partial charge in [-0.05, 0) is 258 Å². The fraction of sp³-hybridized carbons (Fsp3) is 0.141. The summed E-state index contributed by atoms with van der Waals surface area (Å²) in [6.45, 7) is 18.0. The van der Waals surface area contributed by atoms with Crippen molar-refractivity contribution in [2.45, 2.75) is 82.2 Å². The third kappa shape index (κ3) is 33.6. The number of hydrogen-bond acceptors (Lipinski definition) is 28. The topological polar surface area (TPSA) is 333 Å². The van der Waals surface area contributed by atoms with Crippen LogP contribution in [0, 0.1) is 65.9 Å². The van der Waals surface area contributed by atoms with E-state index in [1.807, 2.05) is 119 Å². The maximum Gasteiger partial charge on any atom is 0.195 e. The first-order chi connectivity index (χ1) is 64.4. The van der Waals surface area contributed by atoms with Gasteiger partial charge in [0.15, 0.2) is 65.0 Å². The monoisotopic (exact) mass is 1940 g/mol. The number of hydrogen-bond donors (Lipinski definition) is 0. The van der Waals surface area contributed by atoms with Gasteiger partial charge in [-0.25, -0.2) is 30.7 Å². The summed E-state index contributed by atoms with van der Waals surface area (Å²) in [4.78, 5) is 54.8. The number of carbonyl (C=O) groups is 4. The van der Waals surface area contributed by atoms with Crippen LogP contribution in [0.2, 0.25) is 0 Å². The van der Waals surface area contributed by atoms with Crippen LogP contribution >= 0.6 is 82.3 Å². The van der Waals surface area contributed by atoms with E-state index >= 15 is 0 Å². The number of nitrogens with zero attached hydrogens (tertiary/aromatic N) is 24. The average molecular weight is 1950 g/mol. The highest BCUT2D eigenvalue weighted by Crippen LogP contribution is 2.40. The Balaban J connectivity index is 0.000000176. The molecule has 0 unspecified atom stereocenters. The number of halogens is 7. The fourth-order valence-corrected chi connectivity index (χ4v) is 14.8. The summed E-state index contributed by atoms with van der Waals surface area (Å²) < 4.78 is 103. The Morgan fingerprint density at radius 2 is 0.716 bits per heavy atom. The maximum absolute atomic E-state index is 13.4. The van der Waals surface area contributed by atoms with Crippen molar-refractivity contribution in [2.75, 3.05) is 0 Å². The molecule has 0 spiro atoms. The molecule has 42 heteroatoms. The van der Waals surface area contributed by atoms with Gasteiger partial charge in [0.25, 0.3) is 0 Å². The van der Waals surface area contributed by atoms with Crippen LogP contribution in [0.4, 0.5) is 30.7 Å². The van der Waals surface area contributed by atoms with Gasteiger partial charge in [-0.15, -0.1) is 71.4 Å². The number of pyridine rings is 2. The quantitative estimate of drug-likeness (QED) is 0.0133. The Labute approximate surface area is 795 Å². The van der Waals surface area contributed by atoms with Crippen molar-refractivity contribution < 1.29 is 49.9 Å². The minimum atomic E-state index is -0.738. The summed E-state index contributed by atoms with van der Waals surface area (Å²) in [6.07, 6.45) is 22.0.